The number of carbonyl (C=O) groups excluding carboxylic acids is 1. The summed E-state index contributed by atoms with van der Waals surface area (Å²) in [4.78, 5) is 13.9. The fraction of sp³-hybridized carbons (Fsp3) is 0.250. The van der Waals surface area contributed by atoms with E-state index in [1.54, 1.807) is 0 Å². The Morgan fingerprint density at radius 2 is 1.69 bits per heavy atom. The van der Waals surface area contributed by atoms with Crippen molar-refractivity contribution in [2.24, 2.45) is 0 Å². The minimum atomic E-state index is -0.355. The molecular formula is C20H22N4O2. The number of benzene rings is 2. The van der Waals surface area contributed by atoms with Crippen LogP contribution in [-0.4, -0.2) is 26.0 Å². The number of aliphatic hydroxyl groups excluding tert-OH is 1. The van der Waals surface area contributed by atoms with Crippen LogP contribution < -0.4 is 5.32 Å². The molecule has 134 valence electrons. The number of rotatable bonds is 6. The third kappa shape index (κ3) is 3.97. The molecule has 0 radical (unpaired) electrons. The van der Waals surface area contributed by atoms with Gasteiger partial charge in [-0.3, -0.25) is 4.79 Å². The number of aromatic nitrogens is 3. The Balaban J connectivity index is 1.74. The molecule has 0 saturated carbocycles. The maximum atomic E-state index is 12.5. The Kier molecular flexibility index (Phi) is 5.43. The van der Waals surface area contributed by atoms with Gasteiger partial charge in [-0.15, -0.1) is 10.2 Å². The molecule has 0 aliphatic heterocycles. The van der Waals surface area contributed by atoms with E-state index in [4.69, 9.17) is 0 Å². The molecule has 1 amide bonds. The largest absolute Gasteiger partial charge is 0.390 e. The summed E-state index contributed by atoms with van der Waals surface area (Å²) in [7, 11) is 0. The molecule has 2 N–H and O–H groups in total. The van der Waals surface area contributed by atoms with Crippen molar-refractivity contribution < 1.29 is 9.90 Å². The fourth-order valence-electron chi connectivity index (χ4n) is 2.57. The summed E-state index contributed by atoms with van der Waals surface area (Å²) in [5.41, 5.74) is 4.51. The Morgan fingerprint density at radius 1 is 1.04 bits per heavy atom. The van der Waals surface area contributed by atoms with Crippen molar-refractivity contribution >= 4 is 5.91 Å². The van der Waals surface area contributed by atoms with Crippen LogP contribution in [0, 0.1) is 6.92 Å². The van der Waals surface area contributed by atoms with Crippen LogP contribution in [0.3, 0.4) is 0 Å². The van der Waals surface area contributed by atoms with Gasteiger partial charge in [-0.25, -0.2) is 0 Å². The normalized spacial score (nSPS) is 10.7. The number of amides is 1. The van der Waals surface area contributed by atoms with Crippen LogP contribution in [0.4, 0.5) is 0 Å². The van der Waals surface area contributed by atoms with E-state index in [-0.39, 0.29) is 23.9 Å². The highest BCUT2D eigenvalue weighted by Crippen LogP contribution is 2.11. The fourth-order valence-corrected chi connectivity index (χ4v) is 2.57. The predicted octanol–water partition coefficient (Wildman–Crippen LogP) is 2.56. The van der Waals surface area contributed by atoms with Crippen molar-refractivity contribution in [3.05, 3.63) is 76.6 Å². The maximum Gasteiger partial charge on any atom is 0.274 e. The van der Waals surface area contributed by atoms with Crippen molar-refractivity contribution in [2.45, 2.75) is 33.4 Å². The highest BCUT2D eigenvalue weighted by atomic mass is 16.3. The predicted molar refractivity (Wildman–Crippen MR) is 99.0 cm³/mol. The van der Waals surface area contributed by atoms with Crippen LogP contribution in [0.25, 0.3) is 5.69 Å². The topological polar surface area (TPSA) is 80.0 Å². The van der Waals surface area contributed by atoms with E-state index in [0.29, 0.717) is 6.54 Å². The average Bonchev–Trinajstić information content (AvgIpc) is 3.11. The lowest BCUT2D eigenvalue weighted by atomic mass is 10.1. The van der Waals surface area contributed by atoms with Gasteiger partial charge in [0.25, 0.3) is 5.91 Å². The molecule has 6 heteroatoms. The number of carbonyl (C=O) groups is 1. The monoisotopic (exact) mass is 350 g/mol. The molecule has 0 unspecified atom stereocenters. The van der Waals surface area contributed by atoms with Gasteiger partial charge in [-0.1, -0.05) is 48.9 Å². The molecule has 3 rings (SSSR count). The molecule has 2 aromatic carbocycles. The molecule has 3 aromatic rings. The van der Waals surface area contributed by atoms with Crippen LogP contribution in [0.1, 0.15) is 39.8 Å². The average molecular weight is 350 g/mol. The zero-order valence-corrected chi connectivity index (χ0v) is 14.9. The second kappa shape index (κ2) is 7.93. The van der Waals surface area contributed by atoms with Crippen molar-refractivity contribution in [2.75, 3.05) is 0 Å². The van der Waals surface area contributed by atoms with Crippen LogP contribution in [-0.2, 0) is 19.6 Å². The number of nitrogens with one attached hydrogen (secondary N) is 1. The summed E-state index contributed by atoms with van der Waals surface area (Å²) in [6, 6.07) is 15.7. The number of hydrogen-bond acceptors (Lipinski definition) is 4. The van der Waals surface area contributed by atoms with Gasteiger partial charge in [0.05, 0.1) is 12.3 Å². The first-order valence-electron chi connectivity index (χ1n) is 8.61. The molecule has 1 heterocycles. The smallest absolute Gasteiger partial charge is 0.274 e. The van der Waals surface area contributed by atoms with Gasteiger partial charge >= 0.3 is 0 Å². The van der Waals surface area contributed by atoms with E-state index in [9.17, 15) is 9.90 Å². The van der Waals surface area contributed by atoms with Gasteiger partial charge in [0.1, 0.15) is 5.69 Å². The molecule has 0 aliphatic rings. The zero-order valence-electron chi connectivity index (χ0n) is 14.9. The summed E-state index contributed by atoms with van der Waals surface area (Å²) >= 11 is 0. The Morgan fingerprint density at radius 3 is 2.31 bits per heavy atom. The van der Waals surface area contributed by atoms with E-state index < -0.39 is 0 Å². The standard InChI is InChI=1S/C20H22N4O2/c1-3-15-6-8-16(9-7-15)12-21-20(26)19-18(13-25)22-24(23-19)17-10-4-14(2)5-11-17/h4-11,25H,3,12-13H2,1-2H3,(H,21,26). The summed E-state index contributed by atoms with van der Waals surface area (Å²) in [5, 5.41) is 20.8. The third-order valence-electron chi connectivity index (χ3n) is 4.20. The third-order valence-corrected chi connectivity index (χ3v) is 4.20. The van der Waals surface area contributed by atoms with Crippen molar-refractivity contribution in [3.8, 4) is 5.69 Å². The van der Waals surface area contributed by atoms with Gasteiger partial charge in [0.15, 0.2) is 5.69 Å². The molecule has 1 aromatic heterocycles. The summed E-state index contributed by atoms with van der Waals surface area (Å²) < 4.78 is 0. The Labute approximate surface area is 152 Å². The minimum absolute atomic E-state index is 0.137. The van der Waals surface area contributed by atoms with Gasteiger partial charge in [-0.05, 0) is 36.6 Å². The van der Waals surface area contributed by atoms with Crippen molar-refractivity contribution in [1.82, 2.24) is 20.3 Å². The van der Waals surface area contributed by atoms with Crippen LogP contribution in [0.15, 0.2) is 48.5 Å². The first-order chi connectivity index (χ1) is 12.6. The Bertz CT molecular complexity index is 883. The SMILES string of the molecule is CCc1ccc(CNC(=O)c2nn(-c3ccc(C)cc3)nc2CO)cc1. The molecule has 6 nitrogen and oxygen atoms in total. The summed E-state index contributed by atoms with van der Waals surface area (Å²) in [5.74, 6) is -0.355. The zero-order chi connectivity index (χ0) is 18.5. The van der Waals surface area contributed by atoms with Gasteiger partial charge in [0.2, 0.25) is 0 Å². The summed E-state index contributed by atoms with van der Waals surface area (Å²) in [6.45, 7) is 4.14. The number of aliphatic hydroxyl groups is 1. The van der Waals surface area contributed by atoms with Crippen LogP contribution in [0.5, 0.6) is 0 Å². The van der Waals surface area contributed by atoms with E-state index >= 15 is 0 Å². The van der Waals surface area contributed by atoms with Gasteiger partial charge in [-0.2, -0.15) is 4.80 Å². The van der Waals surface area contributed by atoms with Gasteiger partial charge in [0, 0.05) is 6.54 Å². The minimum Gasteiger partial charge on any atom is -0.390 e. The Hall–Kier alpha value is -2.99. The summed E-state index contributed by atoms with van der Waals surface area (Å²) in [6.07, 6.45) is 0.981. The number of hydrogen-bond donors (Lipinski definition) is 2. The lowest BCUT2D eigenvalue weighted by Crippen LogP contribution is -2.24. The van der Waals surface area contributed by atoms with Crippen molar-refractivity contribution in [1.29, 1.82) is 0 Å². The highest BCUT2D eigenvalue weighted by molar-refractivity contribution is 5.93. The maximum absolute atomic E-state index is 12.5. The lowest BCUT2D eigenvalue weighted by Gasteiger charge is -2.05. The highest BCUT2D eigenvalue weighted by Gasteiger charge is 2.18. The molecule has 0 spiro atoms. The lowest BCUT2D eigenvalue weighted by molar-refractivity contribution is 0.0942. The first kappa shape index (κ1) is 17.8. The molecular weight excluding hydrogens is 328 g/mol. The second-order valence-electron chi connectivity index (χ2n) is 6.13. The molecule has 0 aliphatic carbocycles. The molecule has 26 heavy (non-hydrogen) atoms. The number of aryl methyl sites for hydroxylation is 2. The second-order valence-corrected chi connectivity index (χ2v) is 6.13. The quantitative estimate of drug-likeness (QED) is 0.716. The van der Waals surface area contributed by atoms with E-state index in [1.807, 2.05) is 55.5 Å². The molecule has 0 fully saturated rings. The molecule has 0 atom stereocenters. The van der Waals surface area contributed by atoms with Gasteiger partial charge < -0.3 is 10.4 Å². The first-order valence-corrected chi connectivity index (χ1v) is 8.61. The van der Waals surface area contributed by atoms with Crippen LogP contribution in [0.2, 0.25) is 0 Å². The number of nitrogens with zero attached hydrogens (tertiary/aromatic N) is 3. The molecule has 0 bridgehead atoms. The van der Waals surface area contributed by atoms with Crippen molar-refractivity contribution in [3.63, 3.8) is 0 Å². The van der Waals surface area contributed by atoms with E-state index in [1.165, 1.54) is 10.4 Å². The molecule has 0 saturated heterocycles. The van der Waals surface area contributed by atoms with Crippen LogP contribution >= 0.6 is 0 Å². The van der Waals surface area contributed by atoms with E-state index in [2.05, 4.69) is 22.4 Å². The van der Waals surface area contributed by atoms with E-state index in [0.717, 1.165) is 23.2 Å².